The van der Waals surface area contributed by atoms with Crippen LogP contribution in [0.5, 0.6) is 5.75 Å². The maximum atomic E-state index is 12.1. The van der Waals surface area contributed by atoms with E-state index in [-0.39, 0.29) is 5.91 Å². The molecule has 0 aliphatic rings. The summed E-state index contributed by atoms with van der Waals surface area (Å²) in [5, 5.41) is 2.89. The van der Waals surface area contributed by atoms with Gasteiger partial charge in [-0.3, -0.25) is 9.78 Å². The lowest BCUT2D eigenvalue weighted by molar-refractivity contribution is -0.127. The Kier molecular flexibility index (Phi) is 6.47. The van der Waals surface area contributed by atoms with E-state index in [0.717, 1.165) is 17.7 Å². The number of hydrogen-bond donors (Lipinski definition) is 1. The van der Waals surface area contributed by atoms with Crippen LogP contribution in [0.4, 0.5) is 0 Å². The number of rotatable bonds is 7. The van der Waals surface area contributed by atoms with E-state index in [4.69, 9.17) is 4.74 Å². The summed E-state index contributed by atoms with van der Waals surface area (Å²) in [4.78, 5) is 17.5. The molecule has 0 fully saturated rings. The Balaban J connectivity index is 1.76. The first-order chi connectivity index (χ1) is 11.1. The summed E-state index contributed by atoms with van der Waals surface area (Å²) in [6.07, 6.45) is 4.10. The van der Waals surface area contributed by atoms with Crippen LogP contribution in [0.15, 0.2) is 47.5 Å². The molecule has 0 unspecified atom stereocenters. The van der Waals surface area contributed by atoms with Crippen molar-refractivity contribution in [3.8, 4) is 5.75 Å². The number of aryl methyl sites for hydroxylation is 1. The molecule has 1 heterocycles. The number of nitrogens with zero attached hydrogens (tertiary/aromatic N) is 1. The third-order valence-electron chi connectivity index (χ3n) is 3.43. The third kappa shape index (κ3) is 5.60. The lowest BCUT2D eigenvalue weighted by Gasteiger charge is -2.15. The molecular formula is C18H22N2O2S. The smallest absolute Gasteiger partial charge is 0.260 e. The van der Waals surface area contributed by atoms with Crippen molar-refractivity contribution < 1.29 is 9.53 Å². The van der Waals surface area contributed by atoms with E-state index in [0.29, 0.717) is 12.3 Å². The first-order valence-corrected chi connectivity index (χ1v) is 8.81. The number of benzene rings is 1. The van der Waals surface area contributed by atoms with Gasteiger partial charge in [0.2, 0.25) is 0 Å². The Labute approximate surface area is 141 Å². The molecule has 1 amide bonds. The monoisotopic (exact) mass is 330 g/mol. The lowest BCUT2D eigenvalue weighted by atomic mass is 10.2. The highest BCUT2D eigenvalue weighted by Gasteiger charge is 2.14. The highest BCUT2D eigenvalue weighted by molar-refractivity contribution is 7.98. The van der Waals surface area contributed by atoms with Crippen LogP contribution in [0.25, 0.3) is 0 Å². The van der Waals surface area contributed by atoms with Crippen LogP contribution < -0.4 is 10.1 Å². The summed E-state index contributed by atoms with van der Waals surface area (Å²) in [5.74, 6) is 0.590. The van der Waals surface area contributed by atoms with Gasteiger partial charge in [0.1, 0.15) is 5.75 Å². The standard InChI is InChI=1S/C18H22N2O2S/c1-13-4-5-15(12-20-13)10-11-19-18(21)14(2)22-16-6-8-17(23-3)9-7-16/h4-9,12,14H,10-11H2,1-3H3,(H,19,21)/t14-/m0/s1. The second-order valence-electron chi connectivity index (χ2n) is 5.28. The number of carbonyl (C=O) groups is 1. The quantitative estimate of drug-likeness (QED) is 0.792. The summed E-state index contributed by atoms with van der Waals surface area (Å²) in [5.41, 5.74) is 2.10. The molecule has 1 N–H and O–H groups in total. The van der Waals surface area contributed by atoms with Crippen LogP contribution in [0, 0.1) is 6.92 Å². The molecule has 4 nitrogen and oxygen atoms in total. The van der Waals surface area contributed by atoms with E-state index in [1.165, 1.54) is 4.90 Å². The zero-order chi connectivity index (χ0) is 16.7. The number of thioether (sulfide) groups is 1. The van der Waals surface area contributed by atoms with Crippen LogP contribution in [-0.2, 0) is 11.2 Å². The summed E-state index contributed by atoms with van der Waals surface area (Å²) in [6.45, 7) is 4.28. The first-order valence-electron chi connectivity index (χ1n) is 7.58. The van der Waals surface area contributed by atoms with Gasteiger partial charge in [-0.15, -0.1) is 11.8 Å². The zero-order valence-electron chi connectivity index (χ0n) is 13.7. The van der Waals surface area contributed by atoms with Gasteiger partial charge < -0.3 is 10.1 Å². The van der Waals surface area contributed by atoms with E-state index < -0.39 is 6.10 Å². The van der Waals surface area contributed by atoms with Gasteiger partial charge >= 0.3 is 0 Å². The molecule has 5 heteroatoms. The second kappa shape index (κ2) is 8.58. The van der Waals surface area contributed by atoms with E-state index in [9.17, 15) is 4.79 Å². The normalized spacial score (nSPS) is 11.8. The average molecular weight is 330 g/mol. The van der Waals surface area contributed by atoms with Crippen LogP contribution in [-0.4, -0.2) is 29.8 Å². The van der Waals surface area contributed by atoms with Crippen molar-refractivity contribution in [2.75, 3.05) is 12.8 Å². The predicted molar refractivity (Wildman–Crippen MR) is 94.0 cm³/mol. The maximum absolute atomic E-state index is 12.1. The Bertz CT molecular complexity index is 626. The van der Waals surface area contributed by atoms with Crippen molar-refractivity contribution in [3.63, 3.8) is 0 Å². The molecule has 0 saturated heterocycles. The van der Waals surface area contributed by atoms with Crippen molar-refractivity contribution in [2.24, 2.45) is 0 Å². The molecule has 1 aromatic carbocycles. The van der Waals surface area contributed by atoms with Crippen LogP contribution in [0.2, 0.25) is 0 Å². The van der Waals surface area contributed by atoms with Gasteiger partial charge in [-0.2, -0.15) is 0 Å². The van der Waals surface area contributed by atoms with Crippen molar-refractivity contribution in [1.82, 2.24) is 10.3 Å². The SMILES string of the molecule is CSc1ccc(O[C@@H](C)C(=O)NCCc2ccc(C)nc2)cc1. The number of carbonyl (C=O) groups excluding carboxylic acids is 1. The summed E-state index contributed by atoms with van der Waals surface area (Å²) in [6, 6.07) is 11.7. The van der Waals surface area contributed by atoms with E-state index in [1.54, 1.807) is 18.7 Å². The van der Waals surface area contributed by atoms with Gasteiger partial charge in [-0.05, 0) is 62.4 Å². The summed E-state index contributed by atoms with van der Waals surface area (Å²) < 4.78 is 5.66. The van der Waals surface area contributed by atoms with Gasteiger partial charge in [0, 0.05) is 23.3 Å². The molecule has 2 rings (SSSR count). The molecule has 23 heavy (non-hydrogen) atoms. The van der Waals surface area contributed by atoms with E-state index in [2.05, 4.69) is 10.3 Å². The third-order valence-corrected chi connectivity index (χ3v) is 4.17. The molecule has 0 aliphatic heterocycles. The topological polar surface area (TPSA) is 51.2 Å². The number of aromatic nitrogens is 1. The second-order valence-corrected chi connectivity index (χ2v) is 6.16. The highest BCUT2D eigenvalue weighted by atomic mass is 32.2. The molecule has 0 spiro atoms. The zero-order valence-corrected chi connectivity index (χ0v) is 14.5. The van der Waals surface area contributed by atoms with Gasteiger partial charge in [0.15, 0.2) is 6.10 Å². The highest BCUT2D eigenvalue weighted by Crippen LogP contribution is 2.19. The minimum Gasteiger partial charge on any atom is -0.481 e. The average Bonchev–Trinajstić information content (AvgIpc) is 2.57. The molecule has 122 valence electrons. The Morgan fingerprint density at radius 2 is 2.00 bits per heavy atom. The van der Waals surface area contributed by atoms with Crippen molar-refractivity contribution >= 4 is 17.7 Å². The van der Waals surface area contributed by atoms with Crippen molar-refractivity contribution in [2.45, 2.75) is 31.3 Å². The minimum atomic E-state index is -0.522. The largest absolute Gasteiger partial charge is 0.481 e. The van der Waals surface area contributed by atoms with Gasteiger partial charge in [-0.25, -0.2) is 0 Å². The van der Waals surface area contributed by atoms with E-state index >= 15 is 0 Å². The Morgan fingerprint density at radius 1 is 1.26 bits per heavy atom. The molecule has 1 atom stereocenters. The molecule has 1 aromatic heterocycles. The van der Waals surface area contributed by atoms with Crippen molar-refractivity contribution in [3.05, 3.63) is 53.9 Å². The molecule has 0 saturated carbocycles. The first kappa shape index (κ1) is 17.3. The molecule has 0 radical (unpaired) electrons. The fourth-order valence-corrected chi connectivity index (χ4v) is 2.44. The number of ether oxygens (including phenoxy) is 1. The van der Waals surface area contributed by atoms with Gasteiger partial charge in [-0.1, -0.05) is 6.07 Å². The van der Waals surface area contributed by atoms with Gasteiger partial charge in [0.05, 0.1) is 0 Å². The number of amides is 1. The molecule has 2 aromatic rings. The predicted octanol–water partition coefficient (Wildman–Crippen LogP) is 3.24. The number of pyridine rings is 1. The lowest BCUT2D eigenvalue weighted by Crippen LogP contribution is -2.37. The molecular weight excluding hydrogens is 308 g/mol. The van der Waals surface area contributed by atoms with Crippen molar-refractivity contribution in [1.29, 1.82) is 0 Å². The summed E-state index contributed by atoms with van der Waals surface area (Å²) >= 11 is 1.67. The van der Waals surface area contributed by atoms with Crippen LogP contribution >= 0.6 is 11.8 Å². The van der Waals surface area contributed by atoms with E-state index in [1.807, 2.05) is 55.8 Å². The Morgan fingerprint density at radius 3 is 2.61 bits per heavy atom. The fourth-order valence-electron chi connectivity index (χ4n) is 2.03. The van der Waals surface area contributed by atoms with Gasteiger partial charge in [0.25, 0.3) is 5.91 Å². The minimum absolute atomic E-state index is 0.112. The fraction of sp³-hybridized carbons (Fsp3) is 0.333. The Hall–Kier alpha value is -2.01. The van der Waals surface area contributed by atoms with Crippen LogP contribution in [0.3, 0.4) is 0 Å². The number of nitrogens with one attached hydrogen (secondary N) is 1. The molecule has 0 aliphatic carbocycles. The number of hydrogen-bond acceptors (Lipinski definition) is 4. The van der Waals surface area contributed by atoms with Crippen LogP contribution in [0.1, 0.15) is 18.2 Å². The summed E-state index contributed by atoms with van der Waals surface area (Å²) in [7, 11) is 0. The molecule has 0 bridgehead atoms. The maximum Gasteiger partial charge on any atom is 0.260 e.